The molecule has 1 N–H and O–H groups in total. The van der Waals surface area contributed by atoms with Crippen molar-refractivity contribution < 1.29 is 14.2 Å². The summed E-state index contributed by atoms with van der Waals surface area (Å²) in [7, 11) is 0. The van der Waals surface area contributed by atoms with Crippen LogP contribution in [0.5, 0.6) is 0 Å². The summed E-state index contributed by atoms with van der Waals surface area (Å²) in [5.74, 6) is -0.250. The highest BCUT2D eigenvalue weighted by Gasteiger charge is 2.05. The topological polar surface area (TPSA) is 29.5 Å². The van der Waals surface area contributed by atoms with E-state index in [9.17, 15) is 4.39 Å². The van der Waals surface area contributed by atoms with Gasteiger partial charge in [-0.15, -0.1) is 0 Å². The van der Waals surface area contributed by atoms with Crippen molar-refractivity contribution in [1.82, 2.24) is 0 Å². The summed E-state index contributed by atoms with van der Waals surface area (Å²) in [6.45, 7) is 2.48. The van der Waals surface area contributed by atoms with E-state index in [4.69, 9.17) is 9.84 Å². The summed E-state index contributed by atoms with van der Waals surface area (Å²) in [6.07, 6.45) is 0.483. The van der Waals surface area contributed by atoms with Crippen molar-refractivity contribution in [3.63, 3.8) is 0 Å². The van der Waals surface area contributed by atoms with Gasteiger partial charge in [-0.1, -0.05) is 12.1 Å². The lowest BCUT2D eigenvalue weighted by atomic mass is 10.1. The molecule has 78 valence electrons. The molecule has 1 unspecified atom stereocenters. The van der Waals surface area contributed by atoms with E-state index in [0.717, 1.165) is 5.56 Å². The summed E-state index contributed by atoms with van der Waals surface area (Å²) in [4.78, 5) is 0. The summed E-state index contributed by atoms with van der Waals surface area (Å²) >= 11 is 0. The molecular weight excluding hydrogens is 183 g/mol. The first-order valence-electron chi connectivity index (χ1n) is 4.72. The molecule has 0 aliphatic heterocycles. The van der Waals surface area contributed by atoms with Crippen LogP contribution in [0.3, 0.4) is 0 Å². The maximum absolute atomic E-state index is 12.8. The molecule has 0 aliphatic carbocycles. The van der Waals surface area contributed by atoms with E-state index in [-0.39, 0.29) is 18.5 Å². The normalized spacial score (nSPS) is 12.8. The molecule has 2 nitrogen and oxygen atoms in total. The summed E-state index contributed by atoms with van der Waals surface area (Å²) in [5.41, 5.74) is 0.822. The Morgan fingerprint density at radius 1 is 1.50 bits per heavy atom. The first-order valence-corrected chi connectivity index (χ1v) is 4.72. The van der Waals surface area contributed by atoms with Crippen LogP contribution < -0.4 is 0 Å². The van der Waals surface area contributed by atoms with Gasteiger partial charge in [0.05, 0.1) is 6.10 Å². The minimum absolute atomic E-state index is 0.121. The van der Waals surface area contributed by atoms with Gasteiger partial charge in [0.15, 0.2) is 0 Å². The Bertz CT molecular complexity index is 276. The van der Waals surface area contributed by atoms with Crippen LogP contribution >= 0.6 is 0 Å². The van der Waals surface area contributed by atoms with Gasteiger partial charge in [0.2, 0.25) is 0 Å². The minimum Gasteiger partial charge on any atom is -0.396 e. The molecule has 0 amide bonds. The lowest BCUT2D eigenvalue weighted by Gasteiger charge is -2.12. The van der Waals surface area contributed by atoms with Gasteiger partial charge >= 0.3 is 0 Å². The Labute approximate surface area is 83.3 Å². The zero-order valence-corrected chi connectivity index (χ0v) is 8.24. The molecule has 3 heteroatoms. The standard InChI is InChI=1S/C11H15FO2/c1-9(14-7-3-6-13)10-4-2-5-11(12)8-10/h2,4-5,8-9,13H,3,6-7H2,1H3. The van der Waals surface area contributed by atoms with Crippen molar-refractivity contribution in [2.24, 2.45) is 0 Å². The van der Waals surface area contributed by atoms with Gasteiger partial charge in [0.25, 0.3) is 0 Å². The maximum Gasteiger partial charge on any atom is 0.123 e. The lowest BCUT2D eigenvalue weighted by Crippen LogP contribution is -2.03. The molecule has 0 radical (unpaired) electrons. The Hall–Kier alpha value is -0.930. The Morgan fingerprint density at radius 2 is 2.29 bits per heavy atom. The van der Waals surface area contributed by atoms with Crippen molar-refractivity contribution >= 4 is 0 Å². The zero-order valence-electron chi connectivity index (χ0n) is 8.24. The van der Waals surface area contributed by atoms with Crippen LogP contribution in [-0.4, -0.2) is 18.3 Å². The fourth-order valence-corrected chi connectivity index (χ4v) is 1.18. The quantitative estimate of drug-likeness (QED) is 0.735. The van der Waals surface area contributed by atoms with E-state index in [1.165, 1.54) is 12.1 Å². The number of hydrogen-bond donors (Lipinski definition) is 1. The van der Waals surface area contributed by atoms with E-state index in [1.54, 1.807) is 6.07 Å². The number of aliphatic hydroxyl groups is 1. The first-order chi connectivity index (χ1) is 6.74. The molecule has 0 fully saturated rings. The molecule has 0 saturated carbocycles. The third-order valence-electron chi connectivity index (χ3n) is 1.99. The second kappa shape index (κ2) is 5.73. The average molecular weight is 198 g/mol. The van der Waals surface area contributed by atoms with Crippen LogP contribution in [0.4, 0.5) is 4.39 Å². The molecule has 1 atom stereocenters. The van der Waals surface area contributed by atoms with Gasteiger partial charge in [-0.05, 0) is 31.0 Å². The van der Waals surface area contributed by atoms with Gasteiger partial charge in [-0.25, -0.2) is 4.39 Å². The van der Waals surface area contributed by atoms with Crippen LogP contribution in [0.2, 0.25) is 0 Å². The van der Waals surface area contributed by atoms with Gasteiger partial charge in [0.1, 0.15) is 5.82 Å². The van der Waals surface area contributed by atoms with Crippen LogP contribution in [0.15, 0.2) is 24.3 Å². The van der Waals surface area contributed by atoms with Crippen LogP contribution in [0.25, 0.3) is 0 Å². The number of ether oxygens (including phenoxy) is 1. The number of aliphatic hydroxyl groups excluding tert-OH is 1. The number of benzene rings is 1. The molecule has 0 spiro atoms. The maximum atomic E-state index is 12.8. The van der Waals surface area contributed by atoms with E-state index in [2.05, 4.69) is 0 Å². The molecule has 0 aliphatic rings. The third-order valence-corrected chi connectivity index (χ3v) is 1.99. The highest BCUT2D eigenvalue weighted by molar-refractivity contribution is 5.18. The Balaban J connectivity index is 2.47. The predicted molar refractivity (Wildman–Crippen MR) is 52.5 cm³/mol. The third kappa shape index (κ3) is 3.44. The average Bonchev–Trinajstić information content (AvgIpc) is 2.18. The molecule has 1 aromatic carbocycles. The summed E-state index contributed by atoms with van der Waals surface area (Å²) in [6, 6.07) is 6.36. The smallest absolute Gasteiger partial charge is 0.123 e. The highest BCUT2D eigenvalue weighted by Crippen LogP contribution is 2.17. The number of rotatable bonds is 5. The minimum atomic E-state index is -0.250. The van der Waals surface area contributed by atoms with Crippen molar-refractivity contribution in [2.45, 2.75) is 19.4 Å². The highest BCUT2D eigenvalue weighted by atomic mass is 19.1. The molecule has 0 bridgehead atoms. The SMILES string of the molecule is CC(OCCCO)c1cccc(F)c1. The molecular formula is C11H15FO2. The van der Waals surface area contributed by atoms with Gasteiger partial charge in [-0.2, -0.15) is 0 Å². The van der Waals surface area contributed by atoms with Gasteiger partial charge in [0, 0.05) is 13.2 Å². The molecule has 1 rings (SSSR count). The van der Waals surface area contributed by atoms with E-state index in [1.807, 2.05) is 13.0 Å². The zero-order chi connectivity index (χ0) is 10.4. The molecule has 0 saturated heterocycles. The molecule has 0 heterocycles. The van der Waals surface area contributed by atoms with Crippen molar-refractivity contribution in [2.75, 3.05) is 13.2 Å². The largest absolute Gasteiger partial charge is 0.396 e. The van der Waals surface area contributed by atoms with E-state index < -0.39 is 0 Å². The molecule has 14 heavy (non-hydrogen) atoms. The van der Waals surface area contributed by atoms with Crippen LogP contribution in [-0.2, 0) is 4.74 Å². The number of hydrogen-bond acceptors (Lipinski definition) is 2. The molecule has 1 aromatic rings. The monoisotopic (exact) mass is 198 g/mol. The fourth-order valence-electron chi connectivity index (χ4n) is 1.18. The van der Waals surface area contributed by atoms with E-state index in [0.29, 0.717) is 13.0 Å². The van der Waals surface area contributed by atoms with E-state index >= 15 is 0 Å². The summed E-state index contributed by atoms with van der Waals surface area (Å²) in [5, 5.41) is 8.55. The van der Waals surface area contributed by atoms with Gasteiger partial charge in [-0.3, -0.25) is 0 Å². The summed E-state index contributed by atoms with van der Waals surface area (Å²) < 4.78 is 18.2. The number of halogens is 1. The van der Waals surface area contributed by atoms with Crippen molar-refractivity contribution in [1.29, 1.82) is 0 Å². The fraction of sp³-hybridized carbons (Fsp3) is 0.455. The Morgan fingerprint density at radius 3 is 2.93 bits per heavy atom. The second-order valence-corrected chi connectivity index (χ2v) is 3.15. The lowest BCUT2D eigenvalue weighted by molar-refractivity contribution is 0.0551. The van der Waals surface area contributed by atoms with Gasteiger partial charge < -0.3 is 9.84 Å². The Kier molecular flexibility index (Phi) is 4.56. The van der Waals surface area contributed by atoms with Crippen LogP contribution in [0, 0.1) is 5.82 Å². The van der Waals surface area contributed by atoms with Crippen LogP contribution in [0.1, 0.15) is 25.0 Å². The van der Waals surface area contributed by atoms with Crippen molar-refractivity contribution in [3.8, 4) is 0 Å². The predicted octanol–water partition coefficient (Wildman–Crippen LogP) is 2.29. The molecule has 0 aromatic heterocycles. The van der Waals surface area contributed by atoms with Crippen molar-refractivity contribution in [3.05, 3.63) is 35.6 Å². The second-order valence-electron chi connectivity index (χ2n) is 3.15. The first kappa shape index (κ1) is 11.1.